The first-order chi connectivity index (χ1) is 14.0. The van der Waals surface area contributed by atoms with E-state index < -0.39 is 18.0 Å². The SMILES string of the molecule is CCOC(=O)c1c(C)oc2ncnc(N[C@H](Cc3ccccc3)C(=O)OCC)c12. The molecular weight excluding hydrogens is 374 g/mol. The van der Waals surface area contributed by atoms with E-state index in [1.54, 1.807) is 20.8 Å². The summed E-state index contributed by atoms with van der Waals surface area (Å²) in [5, 5.41) is 3.49. The van der Waals surface area contributed by atoms with Crippen molar-refractivity contribution < 1.29 is 23.5 Å². The number of nitrogens with zero attached hydrogens (tertiary/aromatic N) is 2. The monoisotopic (exact) mass is 397 g/mol. The minimum Gasteiger partial charge on any atom is -0.464 e. The molecule has 1 atom stereocenters. The van der Waals surface area contributed by atoms with Crippen molar-refractivity contribution in [3.05, 3.63) is 53.5 Å². The Morgan fingerprint density at radius 3 is 2.52 bits per heavy atom. The van der Waals surface area contributed by atoms with Crippen LogP contribution < -0.4 is 5.32 Å². The van der Waals surface area contributed by atoms with Crippen LogP contribution in [-0.2, 0) is 20.7 Å². The van der Waals surface area contributed by atoms with Gasteiger partial charge in [-0.1, -0.05) is 30.3 Å². The number of hydrogen-bond acceptors (Lipinski definition) is 8. The molecule has 0 aliphatic rings. The number of nitrogens with one attached hydrogen (secondary N) is 1. The number of rotatable bonds is 8. The topological polar surface area (TPSA) is 104 Å². The number of carbonyl (C=O) groups excluding carboxylic acids is 2. The number of aromatic nitrogens is 2. The van der Waals surface area contributed by atoms with Gasteiger partial charge in [0.2, 0.25) is 5.71 Å². The third-order valence-corrected chi connectivity index (χ3v) is 4.31. The van der Waals surface area contributed by atoms with Gasteiger partial charge in [0.05, 0.1) is 18.6 Å². The van der Waals surface area contributed by atoms with Crippen molar-refractivity contribution in [3.63, 3.8) is 0 Å². The zero-order valence-corrected chi connectivity index (χ0v) is 16.6. The van der Waals surface area contributed by atoms with E-state index >= 15 is 0 Å². The predicted octanol–water partition coefficient (Wildman–Crippen LogP) is 3.29. The molecule has 1 aromatic carbocycles. The van der Waals surface area contributed by atoms with E-state index in [1.807, 2.05) is 30.3 Å². The Labute approximate surface area is 168 Å². The minimum absolute atomic E-state index is 0.223. The third kappa shape index (κ3) is 4.53. The first-order valence-corrected chi connectivity index (χ1v) is 9.43. The van der Waals surface area contributed by atoms with Crippen LogP contribution in [0.2, 0.25) is 0 Å². The van der Waals surface area contributed by atoms with E-state index in [0.29, 0.717) is 23.4 Å². The largest absolute Gasteiger partial charge is 0.464 e. The number of aryl methyl sites for hydroxylation is 1. The molecule has 0 spiro atoms. The molecule has 0 bridgehead atoms. The van der Waals surface area contributed by atoms with Crippen molar-refractivity contribution in [2.75, 3.05) is 18.5 Å². The molecule has 0 radical (unpaired) electrons. The molecule has 0 unspecified atom stereocenters. The van der Waals surface area contributed by atoms with Gasteiger partial charge in [0, 0.05) is 6.42 Å². The molecule has 1 N–H and O–H groups in total. The van der Waals surface area contributed by atoms with Gasteiger partial charge < -0.3 is 19.2 Å². The summed E-state index contributed by atoms with van der Waals surface area (Å²) in [6.07, 6.45) is 1.70. The summed E-state index contributed by atoms with van der Waals surface area (Å²) < 4.78 is 16.0. The van der Waals surface area contributed by atoms with E-state index in [0.717, 1.165) is 5.56 Å². The lowest BCUT2D eigenvalue weighted by Gasteiger charge is -2.18. The Bertz CT molecular complexity index is 1000. The second-order valence-corrected chi connectivity index (χ2v) is 6.29. The number of carbonyl (C=O) groups is 2. The highest BCUT2D eigenvalue weighted by atomic mass is 16.5. The van der Waals surface area contributed by atoms with E-state index in [9.17, 15) is 9.59 Å². The zero-order chi connectivity index (χ0) is 20.8. The Balaban J connectivity index is 2.00. The minimum atomic E-state index is -0.708. The summed E-state index contributed by atoms with van der Waals surface area (Å²) in [5.41, 5.74) is 1.44. The molecule has 0 saturated heterocycles. The summed E-state index contributed by atoms with van der Waals surface area (Å²) in [6, 6.07) is 8.85. The normalized spacial score (nSPS) is 11.8. The molecular formula is C21H23N3O5. The Hall–Kier alpha value is -3.42. The summed E-state index contributed by atoms with van der Waals surface area (Å²) in [7, 11) is 0. The van der Waals surface area contributed by atoms with E-state index in [4.69, 9.17) is 13.9 Å². The number of fused-ring (bicyclic) bond motifs is 1. The number of furan rings is 1. The summed E-state index contributed by atoms with van der Waals surface area (Å²) in [6.45, 7) is 5.61. The fraction of sp³-hybridized carbons (Fsp3) is 0.333. The van der Waals surface area contributed by atoms with Crippen molar-refractivity contribution in [2.24, 2.45) is 0 Å². The number of benzene rings is 1. The molecule has 3 rings (SSSR count). The van der Waals surface area contributed by atoms with Gasteiger partial charge in [0.15, 0.2) is 0 Å². The first kappa shape index (κ1) is 20.3. The quantitative estimate of drug-likeness (QED) is 0.578. The number of hydrogen-bond donors (Lipinski definition) is 1. The molecule has 152 valence electrons. The van der Waals surface area contributed by atoms with Crippen molar-refractivity contribution >= 4 is 28.9 Å². The van der Waals surface area contributed by atoms with Gasteiger partial charge in [-0.3, -0.25) is 0 Å². The maximum absolute atomic E-state index is 12.6. The second-order valence-electron chi connectivity index (χ2n) is 6.29. The fourth-order valence-corrected chi connectivity index (χ4v) is 3.05. The average molecular weight is 397 g/mol. The Morgan fingerprint density at radius 2 is 1.83 bits per heavy atom. The highest BCUT2D eigenvalue weighted by molar-refractivity contribution is 6.08. The average Bonchev–Trinajstić information content (AvgIpc) is 3.05. The van der Waals surface area contributed by atoms with Crippen molar-refractivity contribution in [3.8, 4) is 0 Å². The summed E-state index contributed by atoms with van der Waals surface area (Å²) in [5.74, 6) is -0.264. The lowest BCUT2D eigenvalue weighted by atomic mass is 10.1. The molecule has 0 amide bonds. The van der Waals surface area contributed by atoms with Crippen molar-refractivity contribution in [2.45, 2.75) is 33.2 Å². The predicted molar refractivity (Wildman–Crippen MR) is 107 cm³/mol. The molecule has 29 heavy (non-hydrogen) atoms. The van der Waals surface area contributed by atoms with Crippen LogP contribution in [-0.4, -0.2) is 41.2 Å². The molecule has 2 aromatic heterocycles. The molecule has 0 saturated carbocycles. The highest BCUT2D eigenvalue weighted by Gasteiger charge is 2.27. The number of esters is 2. The van der Waals surface area contributed by atoms with Crippen LogP contribution in [0.3, 0.4) is 0 Å². The smallest absolute Gasteiger partial charge is 0.342 e. The number of ether oxygens (including phenoxy) is 2. The molecule has 0 fully saturated rings. The summed E-state index contributed by atoms with van der Waals surface area (Å²) in [4.78, 5) is 33.4. The molecule has 8 heteroatoms. The van der Waals surface area contributed by atoms with Gasteiger partial charge in [-0.15, -0.1) is 0 Å². The van der Waals surface area contributed by atoms with E-state index in [2.05, 4.69) is 15.3 Å². The lowest BCUT2D eigenvalue weighted by Crippen LogP contribution is -2.34. The fourth-order valence-electron chi connectivity index (χ4n) is 3.05. The number of anilines is 1. The van der Waals surface area contributed by atoms with Crippen LogP contribution in [0.5, 0.6) is 0 Å². The molecule has 2 heterocycles. The first-order valence-electron chi connectivity index (χ1n) is 9.43. The van der Waals surface area contributed by atoms with Crippen LogP contribution in [0, 0.1) is 6.92 Å². The summed E-state index contributed by atoms with van der Waals surface area (Å²) >= 11 is 0. The van der Waals surface area contributed by atoms with Gasteiger partial charge in [-0.2, -0.15) is 0 Å². The Kier molecular flexibility index (Phi) is 6.43. The van der Waals surface area contributed by atoms with Gasteiger partial charge >= 0.3 is 11.9 Å². The molecule has 0 aliphatic heterocycles. The van der Waals surface area contributed by atoms with Crippen LogP contribution >= 0.6 is 0 Å². The van der Waals surface area contributed by atoms with Crippen LogP contribution in [0.4, 0.5) is 5.82 Å². The van der Waals surface area contributed by atoms with Crippen LogP contribution in [0.25, 0.3) is 11.1 Å². The Morgan fingerprint density at radius 1 is 1.10 bits per heavy atom. The zero-order valence-electron chi connectivity index (χ0n) is 16.6. The molecule has 8 nitrogen and oxygen atoms in total. The van der Waals surface area contributed by atoms with Crippen LogP contribution in [0.1, 0.15) is 35.5 Å². The van der Waals surface area contributed by atoms with Crippen molar-refractivity contribution in [1.29, 1.82) is 0 Å². The van der Waals surface area contributed by atoms with E-state index in [-0.39, 0.29) is 24.5 Å². The lowest BCUT2D eigenvalue weighted by molar-refractivity contribution is -0.144. The highest BCUT2D eigenvalue weighted by Crippen LogP contribution is 2.30. The maximum Gasteiger partial charge on any atom is 0.342 e. The maximum atomic E-state index is 12.6. The van der Waals surface area contributed by atoms with Crippen LogP contribution in [0.15, 0.2) is 41.1 Å². The van der Waals surface area contributed by atoms with Gasteiger partial charge in [0.1, 0.15) is 29.5 Å². The molecule has 0 aliphatic carbocycles. The van der Waals surface area contributed by atoms with E-state index in [1.165, 1.54) is 6.33 Å². The standard InChI is InChI=1S/C21H23N3O5/c1-4-27-20(25)15(11-14-9-7-6-8-10-14)24-18-17-16(21(26)28-5-2)13(3)29-19(17)23-12-22-18/h6-10,12,15H,4-5,11H2,1-3H3,(H,22,23,24)/t15-/m1/s1. The van der Waals surface area contributed by atoms with Gasteiger partial charge in [0.25, 0.3) is 0 Å². The van der Waals surface area contributed by atoms with Gasteiger partial charge in [-0.25, -0.2) is 19.6 Å². The third-order valence-electron chi connectivity index (χ3n) is 4.31. The van der Waals surface area contributed by atoms with Gasteiger partial charge in [-0.05, 0) is 26.3 Å². The second kappa shape index (κ2) is 9.18. The van der Waals surface area contributed by atoms with Crippen molar-refractivity contribution in [1.82, 2.24) is 9.97 Å². The molecule has 3 aromatic rings.